The van der Waals surface area contributed by atoms with Crippen molar-refractivity contribution in [1.82, 2.24) is 4.90 Å². The fraction of sp³-hybridized carbons (Fsp3) is 0.409. The summed E-state index contributed by atoms with van der Waals surface area (Å²) < 4.78 is 0. The van der Waals surface area contributed by atoms with Crippen LogP contribution in [-0.4, -0.2) is 29.0 Å². The van der Waals surface area contributed by atoms with Gasteiger partial charge in [-0.15, -0.1) is 0 Å². The van der Waals surface area contributed by atoms with Crippen LogP contribution in [0.1, 0.15) is 37.0 Å². The Kier molecular flexibility index (Phi) is 4.85. The van der Waals surface area contributed by atoms with Crippen molar-refractivity contribution in [2.24, 2.45) is 5.92 Å². The number of aryl methyl sites for hydroxylation is 1. The monoisotopic (exact) mass is 337 g/mol. The third-order valence-corrected chi connectivity index (χ3v) is 5.94. The molecule has 0 spiro atoms. The number of hydrogen-bond donors (Lipinski definition) is 1. The predicted octanol–water partition coefficient (Wildman–Crippen LogP) is 4.07. The van der Waals surface area contributed by atoms with Gasteiger partial charge in [0.25, 0.3) is 0 Å². The molecule has 3 rings (SSSR count). The van der Waals surface area contributed by atoms with Crippen molar-refractivity contribution in [3.8, 4) is 5.75 Å². The van der Waals surface area contributed by atoms with Crippen LogP contribution in [0.25, 0.3) is 0 Å². The van der Waals surface area contributed by atoms with Crippen LogP contribution in [0, 0.1) is 12.8 Å². The zero-order valence-electron chi connectivity index (χ0n) is 15.3. The van der Waals surface area contributed by atoms with Crippen molar-refractivity contribution in [1.29, 1.82) is 0 Å². The number of aromatic hydroxyl groups is 1. The van der Waals surface area contributed by atoms with Crippen LogP contribution >= 0.6 is 0 Å². The fourth-order valence-electron chi connectivity index (χ4n) is 3.84. The summed E-state index contributed by atoms with van der Waals surface area (Å²) in [5, 5.41) is 9.81. The van der Waals surface area contributed by atoms with Gasteiger partial charge < -0.3 is 10.0 Å². The molecule has 1 heterocycles. The molecule has 0 bridgehead atoms. The summed E-state index contributed by atoms with van der Waals surface area (Å²) in [6, 6.07) is 15.7. The summed E-state index contributed by atoms with van der Waals surface area (Å²) in [4.78, 5) is 14.8. The lowest BCUT2D eigenvalue weighted by Crippen LogP contribution is -2.49. The van der Waals surface area contributed by atoms with E-state index in [2.05, 4.69) is 32.9 Å². The van der Waals surface area contributed by atoms with Gasteiger partial charge in [-0.25, -0.2) is 0 Å². The number of benzene rings is 2. The van der Waals surface area contributed by atoms with Crippen LogP contribution in [-0.2, 0) is 16.6 Å². The number of rotatable bonds is 3. The summed E-state index contributed by atoms with van der Waals surface area (Å²) in [6.07, 6.45) is 1.39. The number of carbonyl (C=O) groups is 1. The number of amides is 1. The Bertz CT molecular complexity index is 770. The fourth-order valence-corrected chi connectivity index (χ4v) is 3.84. The molecule has 2 aromatic carbocycles. The largest absolute Gasteiger partial charge is 0.508 e. The van der Waals surface area contributed by atoms with E-state index in [4.69, 9.17) is 0 Å². The maximum Gasteiger partial charge on any atom is 0.227 e. The van der Waals surface area contributed by atoms with Gasteiger partial charge in [0.2, 0.25) is 5.91 Å². The number of nitrogens with zero attached hydrogens (tertiary/aromatic N) is 1. The normalized spacial score (nSPS) is 23.5. The van der Waals surface area contributed by atoms with Crippen molar-refractivity contribution in [3.05, 3.63) is 65.2 Å². The van der Waals surface area contributed by atoms with Gasteiger partial charge in [0.1, 0.15) is 5.75 Å². The average molecular weight is 337 g/mol. The van der Waals surface area contributed by atoms with Gasteiger partial charge in [0.05, 0.1) is 6.42 Å². The van der Waals surface area contributed by atoms with E-state index in [1.165, 1.54) is 5.56 Å². The van der Waals surface area contributed by atoms with E-state index in [9.17, 15) is 9.90 Å². The highest BCUT2D eigenvalue weighted by molar-refractivity contribution is 5.79. The second-order valence-corrected chi connectivity index (χ2v) is 7.56. The van der Waals surface area contributed by atoms with Crippen LogP contribution < -0.4 is 0 Å². The number of carbonyl (C=O) groups excluding carboxylic acids is 1. The van der Waals surface area contributed by atoms with Gasteiger partial charge in [-0.1, -0.05) is 50.2 Å². The van der Waals surface area contributed by atoms with Crippen LogP contribution in [0.2, 0.25) is 0 Å². The van der Waals surface area contributed by atoms with Crippen molar-refractivity contribution in [2.75, 3.05) is 13.1 Å². The van der Waals surface area contributed by atoms with Crippen LogP contribution in [0.4, 0.5) is 0 Å². The molecule has 0 saturated carbocycles. The van der Waals surface area contributed by atoms with Crippen molar-refractivity contribution < 1.29 is 9.90 Å². The van der Waals surface area contributed by atoms with Gasteiger partial charge >= 0.3 is 0 Å². The molecule has 2 aromatic rings. The summed E-state index contributed by atoms with van der Waals surface area (Å²) in [7, 11) is 0. The molecule has 1 saturated heterocycles. The number of phenols is 1. The van der Waals surface area contributed by atoms with Crippen molar-refractivity contribution in [3.63, 3.8) is 0 Å². The highest BCUT2D eigenvalue weighted by atomic mass is 16.3. The van der Waals surface area contributed by atoms with Gasteiger partial charge in [0.15, 0.2) is 0 Å². The summed E-state index contributed by atoms with van der Waals surface area (Å²) >= 11 is 0. The van der Waals surface area contributed by atoms with E-state index in [1.807, 2.05) is 35.2 Å². The molecule has 1 amide bonds. The molecular formula is C22H27NO2. The SMILES string of the molecule is Cc1ccccc1CC(=O)N1CC[C@@](C)(c2cccc(O)c2)[C@@H](C)C1. The predicted molar refractivity (Wildman–Crippen MR) is 101 cm³/mol. The van der Waals surface area contributed by atoms with Crippen LogP contribution in [0.3, 0.4) is 0 Å². The Morgan fingerprint density at radius 3 is 2.68 bits per heavy atom. The lowest BCUT2D eigenvalue weighted by molar-refractivity contribution is -0.133. The minimum absolute atomic E-state index is 0.0157. The molecule has 1 aliphatic rings. The number of hydrogen-bond acceptors (Lipinski definition) is 2. The molecule has 25 heavy (non-hydrogen) atoms. The summed E-state index contributed by atoms with van der Waals surface area (Å²) in [5.74, 6) is 0.854. The lowest BCUT2D eigenvalue weighted by atomic mass is 9.68. The van der Waals surface area contributed by atoms with Crippen LogP contribution in [0.15, 0.2) is 48.5 Å². The molecule has 1 fully saturated rings. The maximum atomic E-state index is 12.8. The quantitative estimate of drug-likeness (QED) is 0.917. The lowest BCUT2D eigenvalue weighted by Gasteiger charge is -2.45. The second-order valence-electron chi connectivity index (χ2n) is 7.56. The Balaban J connectivity index is 1.71. The van der Waals surface area contributed by atoms with E-state index in [0.717, 1.165) is 30.6 Å². The Hall–Kier alpha value is -2.29. The summed E-state index contributed by atoms with van der Waals surface area (Å²) in [5.41, 5.74) is 3.43. The Labute approximate surface area is 150 Å². The van der Waals surface area contributed by atoms with Gasteiger partial charge in [-0.05, 0) is 53.5 Å². The maximum absolute atomic E-state index is 12.8. The first-order chi connectivity index (χ1) is 11.9. The van der Waals surface area contributed by atoms with E-state index in [-0.39, 0.29) is 11.3 Å². The molecule has 0 aromatic heterocycles. The Morgan fingerprint density at radius 2 is 2.00 bits per heavy atom. The molecule has 0 unspecified atom stereocenters. The standard InChI is InChI=1S/C22H27NO2/c1-16-7-4-5-8-18(16)13-21(25)23-12-11-22(3,17(2)15-23)19-9-6-10-20(24)14-19/h4-10,14,17,24H,11-13,15H2,1-3H3/t17-,22+/m0/s1. The molecule has 3 nitrogen and oxygen atoms in total. The zero-order chi connectivity index (χ0) is 18.0. The second kappa shape index (κ2) is 6.91. The third kappa shape index (κ3) is 3.55. The van der Waals surface area contributed by atoms with Crippen molar-refractivity contribution in [2.45, 2.75) is 39.0 Å². The molecule has 132 valence electrons. The van der Waals surface area contributed by atoms with E-state index in [1.54, 1.807) is 6.07 Å². The van der Waals surface area contributed by atoms with E-state index >= 15 is 0 Å². The molecule has 0 aliphatic carbocycles. The summed E-state index contributed by atoms with van der Waals surface area (Å²) in [6.45, 7) is 8.03. The highest BCUT2D eigenvalue weighted by Crippen LogP contribution is 2.40. The molecule has 2 atom stereocenters. The van der Waals surface area contributed by atoms with Crippen molar-refractivity contribution >= 4 is 5.91 Å². The highest BCUT2D eigenvalue weighted by Gasteiger charge is 2.39. The van der Waals surface area contributed by atoms with E-state index in [0.29, 0.717) is 18.1 Å². The average Bonchev–Trinajstić information content (AvgIpc) is 2.59. The molecular weight excluding hydrogens is 310 g/mol. The molecule has 1 aliphatic heterocycles. The van der Waals surface area contributed by atoms with Gasteiger partial charge in [0, 0.05) is 13.1 Å². The topological polar surface area (TPSA) is 40.5 Å². The number of phenolic OH excluding ortho intramolecular Hbond substituents is 1. The van der Waals surface area contributed by atoms with Gasteiger partial charge in [-0.3, -0.25) is 4.79 Å². The van der Waals surface area contributed by atoms with E-state index < -0.39 is 0 Å². The zero-order valence-corrected chi connectivity index (χ0v) is 15.3. The molecule has 1 N–H and O–H groups in total. The first kappa shape index (κ1) is 17.5. The van der Waals surface area contributed by atoms with Gasteiger partial charge in [-0.2, -0.15) is 0 Å². The van der Waals surface area contributed by atoms with Crippen LogP contribution in [0.5, 0.6) is 5.75 Å². The smallest absolute Gasteiger partial charge is 0.227 e. The number of piperidine rings is 1. The first-order valence-electron chi connectivity index (χ1n) is 9.02. The molecule has 3 heteroatoms. The minimum Gasteiger partial charge on any atom is -0.508 e. The number of likely N-dealkylation sites (tertiary alicyclic amines) is 1. The minimum atomic E-state index is -0.0157. The Morgan fingerprint density at radius 1 is 1.24 bits per heavy atom. The molecule has 0 radical (unpaired) electrons. The first-order valence-corrected chi connectivity index (χ1v) is 9.02. The third-order valence-electron chi connectivity index (χ3n) is 5.94.